The summed E-state index contributed by atoms with van der Waals surface area (Å²) in [6.45, 7) is 16.8. The lowest BCUT2D eigenvalue weighted by Gasteiger charge is -2.22. The number of benzene rings is 2. The van der Waals surface area contributed by atoms with Crippen LogP contribution in [0.15, 0.2) is 40.9 Å². The van der Waals surface area contributed by atoms with Gasteiger partial charge in [-0.05, 0) is 76.8 Å². The van der Waals surface area contributed by atoms with Crippen molar-refractivity contribution in [1.29, 1.82) is 0 Å². The molecule has 34 heavy (non-hydrogen) atoms. The second-order valence-electron chi connectivity index (χ2n) is 9.49. The summed E-state index contributed by atoms with van der Waals surface area (Å²) in [6, 6.07) is 11.0. The Bertz CT molecular complexity index is 1250. The Hall–Kier alpha value is -3.86. The van der Waals surface area contributed by atoms with E-state index in [1.807, 2.05) is 52.8 Å². The lowest BCUT2D eigenvalue weighted by molar-refractivity contribution is 0.0503. The van der Waals surface area contributed by atoms with Gasteiger partial charge in [-0.3, -0.25) is 0 Å². The van der Waals surface area contributed by atoms with Crippen LogP contribution in [0.3, 0.4) is 0 Å². The van der Waals surface area contributed by atoms with E-state index >= 15 is 0 Å². The van der Waals surface area contributed by atoms with Crippen molar-refractivity contribution < 1.29 is 18.8 Å². The Morgan fingerprint density at radius 3 is 2.76 bits per heavy atom. The molecule has 1 atom stereocenters. The number of amides is 1. The summed E-state index contributed by atoms with van der Waals surface area (Å²) < 4.78 is 16.6. The molecule has 8 heteroatoms. The van der Waals surface area contributed by atoms with Crippen LogP contribution in [-0.2, 0) is 11.2 Å². The molecule has 1 aliphatic rings. The van der Waals surface area contributed by atoms with Gasteiger partial charge in [0.05, 0.1) is 18.7 Å². The largest absolute Gasteiger partial charge is 0.502 e. The zero-order valence-corrected chi connectivity index (χ0v) is 20.0. The van der Waals surface area contributed by atoms with Gasteiger partial charge in [-0.15, -0.1) is 0 Å². The van der Waals surface area contributed by atoms with E-state index < -0.39 is 11.7 Å². The molecule has 0 radical (unpaired) electrons. The molecule has 2 aromatic carbocycles. The van der Waals surface area contributed by atoms with E-state index in [0.717, 1.165) is 29.5 Å². The average molecular weight is 461 g/mol. The summed E-state index contributed by atoms with van der Waals surface area (Å²) in [5.74, 6) is 1.32. The third-order valence-electron chi connectivity index (χ3n) is 5.32. The SMILES string of the molecule is [C-]#[N+]c1cc(-c2nc(-c3cccc4c3CC[C@H]4NC(=O)OC(C)(C)C)no2)ccc1OC(C)C. The number of hydrogen-bond donors (Lipinski definition) is 1. The molecule has 4 rings (SSSR count). The quantitative estimate of drug-likeness (QED) is 0.452. The van der Waals surface area contributed by atoms with E-state index in [2.05, 4.69) is 20.3 Å². The maximum Gasteiger partial charge on any atom is 0.408 e. The van der Waals surface area contributed by atoms with E-state index in [4.69, 9.17) is 20.6 Å². The van der Waals surface area contributed by atoms with Gasteiger partial charge in [0.25, 0.3) is 5.89 Å². The number of alkyl carbamates (subject to hydrolysis) is 1. The number of carbonyl (C=O) groups excluding carboxylic acids is 1. The van der Waals surface area contributed by atoms with Gasteiger partial charge in [-0.1, -0.05) is 23.4 Å². The first kappa shape index (κ1) is 23.3. The van der Waals surface area contributed by atoms with Crippen LogP contribution in [0.2, 0.25) is 0 Å². The highest BCUT2D eigenvalue weighted by Crippen LogP contribution is 2.38. The van der Waals surface area contributed by atoms with Crippen LogP contribution in [0.1, 0.15) is 58.2 Å². The normalized spacial score (nSPS) is 15.0. The molecule has 1 amide bonds. The maximum atomic E-state index is 12.3. The van der Waals surface area contributed by atoms with Crippen LogP contribution in [0.25, 0.3) is 27.7 Å². The highest BCUT2D eigenvalue weighted by atomic mass is 16.6. The minimum absolute atomic E-state index is 0.0323. The van der Waals surface area contributed by atoms with Crippen LogP contribution in [0.4, 0.5) is 10.5 Å². The van der Waals surface area contributed by atoms with Crippen molar-refractivity contribution in [3.63, 3.8) is 0 Å². The number of aromatic nitrogens is 2. The fourth-order valence-corrected chi connectivity index (χ4v) is 4.01. The van der Waals surface area contributed by atoms with Crippen molar-refractivity contribution in [3.8, 4) is 28.6 Å². The van der Waals surface area contributed by atoms with Crippen molar-refractivity contribution in [1.82, 2.24) is 15.5 Å². The highest BCUT2D eigenvalue weighted by molar-refractivity contribution is 5.72. The monoisotopic (exact) mass is 460 g/mol. The molecule has 0 spiro atoms. The Labute approximate surface area is 199 Å². The Balaban J connectivity index is 1.58. The minimum Gasteiger partial charge on any atom is -0.502 e. The zero-order chi connectivity index (χ0) is 24.5. The van der Waals surface area contributed by atoms with Crippen LogP contribution in [0.5, 0.6) is 5.75 Å². The first-order chi connectivity index (χ1) is 16.1. The standard InChI is InChI=1S/C26H28N4O4/c1-15(2)32-22-13-10-16(14-21(22)27-6)24-29-23(30-34-24)19-9-7-8-18-17(19)11-12-20(18)28-25(31)33-26(3,4)5/h7-10,13-15,20H,11-12H2,1-5H3,(H,28,31)/t20-/m1/s1. The van der Waals surface area contributed by atoms with E-state index in [1.54, 1.807) is 18.2 Å². The Kier molecular flexibility index (Phi) is 6.29. The zero-order valence-electron chi connectivity index (χ0n) is 20.0. The van der Waals surface area contributed by atoms with Crippen molar-refractivity contribution >= 4 is 11.8 Å². The van der Waals surface area contributed by atoms with Gasteiger partial charge in [0.1, 0.15) is 11.4 Å². The van der Waals surface area contributed by atoms with Gasteiger partial charge in [-0.2, -0.15) is 4.98 Å². The Morgan fingerprint density at radius 1 is 1.26 bits per heavy atom. The third kappa shape index (κ3) is 5.04. The van der Waals surface area contributed by atoms with Gasteiger partial charge >= 0.3 is 6.09 Å². The number of carbonyl (C=O) groups is 1. The summed E-state index contributed by atoms with van der Waals surface area (Å²) in [5, 5.41) is 7.16. The molecule has 0 bridgehead atoms. The molecule has 176 valence electrons. The maximum absolute atomic E-state index is 12.3. The molecule has 0 saturated carbocycles. The smallest absolute Gasteiger partial charge is 0.408 e. The van der Waals surface area contributed by atoms with Crippen molar-refractivity contribution in [3.05, 3.63) is 58.9 Å². The molecule has 1 aliphatic carbocycles. The molecule has 0 saturated heterocycles. The second-order valence-corrected chi connectivity index (χ2v) is 9.49. The predicted molar refractivity (Wildman–Crippen MR) is 128 cm³/mol. The first-order valence-corrected chi connectivity index (χ1v) is 11.3. The molecular formula is C26H28N4O4. The van der Waals surface area contributed by atoms with E-state index in [1.165, 1.54) is 0 Å². The number of nitrogens with zero attached hydrogens (tertiary/aromatic N) is 3. The summed E-state index contributed by atoms with van der Waals surface area (Å²) in [5.41, 5.74) is 3.46. The molecule has 1 N–H and O–H groups in total. The lowest BCUT2D eigenvalue weighted by atomic mass is 10.0. The average Bonchev–Trinajstić information content (AvgIpc) is 3.40. The molecule has 0 fully saturated rings. The summed E-state index contributed by atoms with van der Waals surface area (Å²) in [7, 11) is 0. The summed E-state index contributed by atoms with van der Waals surface area (Å²) in [6.07, 6.45) is 1.08. The van der Waals surface area contributed by atoms with Crippen molar-refractivity contribution in [2.24, 2.45) is 0 Å². The number of ether oxygens (including phenoxy) is 2. The van der Waals surface area contributed by atoms with Gasteiger partial charge < -0.3 is 19.3 Å². The van der Waals surface area contributed by atoms with Crippen LogP contribution >= 0.6 is 0 Å². The van der Waals surface area contributed by atoms with Gasteiger partial charge in [-0.25, -0.2) is 9.64 Å². The van der Waals surface area contributed by atoms with E-state index in [9.17, 15) is 4.79 Å². The van der Waals surface area contributed by atoms with E-state index in [-0.39, 0.29) is 12.1 Å². The molecule has 8 nitrogen and oxygen atoms in total. The van der Waals surface area contributed by atoms with Crippen molar-refractivity contribution in [2.75, 3.05) is 0 Å². The molecule has 1 aromatic heterocycles. The molecule has 0 unspecified atom stereocenters. The topological polar surface area (TPSA) is 90.8 Å². The van der Waals surface area contributed by atoms with E-state index in [0.29, 0.717) is 28.7 Å². The first-order valence-electron chi connectivity index (χ1n) is 11.3. The van der Waals surface area contributed by atoms with Gasteiger partial charge in [0.15, 0.2) is 0 Å². The lowest BCUT2D eigenvalue weighted by Crippen LogP contribution is -2.34. The number of nitrogens with one attached hydrogen (secondary N) is 1. The third-order valence-corrected chi connectivity index (χ3v) is 5.32. The summed E-state index contributed by atoms with van der Waals surface area (Å²) >= 11 is 0. The van der Waals surface area contributed by atoms with Gasteiger partial charge in [0, 0.05) is 11.1 Å². The molecule has 1 heterocycles. The van der Waals surface area contributed by atoms with Crippen LogP contribution in [0, 0.1) is 6.57 Å². The second kappa shape index (κ2) is 9.18. The predicted octanol–water partition coefficient (Wildman–Crippen LogP) is 6.25. The molecule has 0 aliphatic heterocycles. The highest BCUT2D eigenvalue weighted by Gasteiger charge is 2.29. The minimum atomic E-state index is -0.555. The molecule has 3 aromatic rings. The van der Waals surface area contributed by atoms with Gasteiger partial charge in [0.2, 0.25) is 11.5 Å². The Morgan fingerprint density at radius 2 is 2.06 bits per heavy atom. The fraction of sp³-hybridized carbons (Fsp3) is 0.385. The van der Waals surface area contributed by atoms with Crippen LogP contribution < -0.4 is 10.1 Å². The number of hydrogen-bond acceptors (Lipinski definition) is 6. The fourth-order valence-electron chi connectivity index (χ4n) is 4.01. The number of rotatable bonds is 5. The van der Waals surface area contributed by atoms with Crippen LogP contribution in [-0.4, -0.2) is 27.9 Å². The number of fused-ring (bicyclic) bond motifs is 1. The molecular weight excluding hydrogens is 432 g/mol. The van der Waals surface area contributed by atoms with Crippen molar-refractivity contribution in [2.45, 2.75) is 65.2 Å². The summed E-state index contributed by atoms with van der Waals surface area (Å²) in [4.78, 5) is 20.4.